The van der Waals surface area contributed by atoms with Crippen LogP contribution in [0.15, 0.2) is 17.5 Å². The Morgan fingerprint density at radius 3 is 3.22 bits per heavy atom. The molecule has 1 rings (SSSR count). The molecule has 0 unspecified atom stereocenters. The van der Waals surface area contributed by atoms with E-state index in [1.54, 1.807) is 6.07 Å². The first-order chi connectivity index (χ1) is 4.43. The minimum absolute atomic E-state index is 0.486. The van der Waals surface area contributed by atoms with Gasteiger partial charge < -0.3 is 4.84 Å². The van der Waals surface area contributed by atoms with Gasteiger partial charge in [-0.15, -0.1) is 11.3 Å². The Kier molecular flexibility index (Phi) is 2.09. The quantitative estimate of drug-likeness (QED) is 0.501. The number of rotatable bonds is 3. The van der Waals surface area contributed by atoms with Crippen LogP contribution in [0.25, 0.3) is 0 Å². The highest BCUT2D eigenvalue weighted by molar-refractivity contribution is 7.11. The van der Waals surface area contributed by atoms with E-state index in [2.05, 4.69) is 5.48 Å². The predicted molar refractivity (Wildman–Crippen MR) is 34.1 cm³/mol. The fourth-order valence-electron chi connectivity index (χ4n) is 0.404. The van der Waals surface area contributed by atoms with E-state index >= 15 is 0 Å². The molecule has 1 N–H and O–H groups in total. The van der Waals surface area contributed by atoms with Gasteiger partial charge in [-0.2, -0.15) is 5.48 Å². The molecule has 4 heteroatoms. The average molecular weight is 143 g/mol. The van der Waals surface area contributed by atoms with E-state index < -0.39 is 0 Å². The minimum atomic E-state index is 0.486. The minimum Gasteiger partial charge on any atom is -0.369 e. The third-order valence-electron chi connectivity index (χ3n) is 0.703. The average Bonchev–Trinajstić information content (AvgIpc) is 2.34. The van der Waals surface area contributed by atoms with Gasteiger partial charge in [-0.05, 0) is 17.5 Å². The van der Waals surface area contributed by atoms with Crippen molar-refractivity contribution in [3.63, 3.8) is 0 Å². The molecule has 1 aromatic rings. The summed E-state index contributed by atoms with van der Waals surface area (Å²) < 4.78 is 0. The van der Waals surface area contributed by atoms with Crippen LogP contribution in [0.3, 0.4) is 0 Å². The maximum absolute atomic E-state index is 9.67. The number of nitrogens with one attached hydrogen (secondary N) is 1. The van der Waals surface area contributed by atoms with Crippen LogP contribution in [0.2, 0.25) is 0 Å². The molecule has 0 aliphatic carbocycles. The monoisotopic (exact) mass is 143 g/mol. The van der Waals surface area contributed by atoms with E-state index in [0.717, 1.165) is 0 Å². The number of hydrogen-bond donors (Lipinski definition) is 1. The van der Waals surface area contributed by atoms with Crippen LogP contribution < -0.4 is 10.3 Å². The summed E-state index contributed by atoms with van der Waals surface area (Å²) in [5.74, 6) is 0. The SMILES string of the molecule is O=CNOc1cccs1. The molecule has 9 heavy (non-hydrogen) atoms. The van der Waals surface area contributed by atoms with Crippen molar-refractivity contribution in [3.8, 4) is 5.06 Å². The molecule has 0 radical (unpaired) electrons. The molecule has 0 saturated carbocycles. The van der Waals surface area contributed by atoms with Gasteiger partial charge in [0.05, 0.1) is 0 Å². The fourth-order valence-corrected chi connectivity index (χ4v) is 0.948. The molecule has 0 aromatic carbocycles. The molecule has 48 valence electrons. The van der Waals surface area contributed by atoms with Crippen molar-refractivity contribution in [2.45, 2.75) is 0 Å². The smallest absolute Gasteiger partial charge is 0.239 e. The lowest BCUT2D eigenvalue weighted by Gasteiger charge is -1.94. The van der Waals surface area contributed by atoms with Crippen LogP contribution >= 0.6 is 11.3 Å². The molecule has 0 atom stereocenters. The first-order valence-electron chi connectivity index (χ1n) is 2.33. The van der Waals surface area contributed by atoms with E-state index in [-0.39, 0.29) is 0 Å². The second-order valence-electron chi connectivity index (χ2n) is 1.27. The Balaban J connectivity index is 2.38. The van der Waals surface area contributed by atoms with Crippen molar-refractivity contribution in [3.05, 3.63) is 17.5 Å². The summed E-state index contributed by atoms with van der Waals surface area (Å²) in [7, 11) is 0. The Morgan fingerprint density at radius 1 is 1.78 bits per heavy atom. The molecule has 0 fully saturated rings. The molecule has 0 aliphatic rings. The summed E-state index contributed by atoms with van der Waals surface area (Å²) in [6, 6.07) is 3.60. The number of carbonyl (C=O) groups excluding carboxylic acids is 1. The first kappa shape index (κ1) is 6.10. The van der Waals surface area contributed by atoms with Crippen molar-refractivity contribution in [2.24, 2.45) is 0 Å². The van der Waals surface area contributed by atoms with E-state index in [0.29, 0.717) is 11.5 Å². The largest absolute Gasteiger partial charge is 0.369 e. The third kappa shape index (κ3) is 1.73. The second-order valence-corrected chi connectivity index (χ2v) is 2.18. The molecule has 0 spiro atoms. The van der Waals surface area contributed by atoms with Crippen LogP contribution in [0.1, 0.15) is 0 Å². The van der Waals surface area contributed by atoms with Gasteiger partial charge >= 0.3 is 0 Å². The summed E-state index contributed by atoms with van der Waals surface area (Å²) in [6.45, 7) is 0. The lowest BCUT2D eigenvalue weighted by Crippen LogP contribution is -2.14. The maximum atomic E-state index is 9.67. The van der Waals surface area contributed by atoms with Gasteiger partial charge in [0, 0.05) is 0 Å². The van der Waals surface area contributed by atoms with Gasteiger partial charge in [0.2, 0.25) is 11.5 Å². The highest BCUT2D eigenvalue weighted by atomic mass is 32.1. The normalized spacial score (nSPS) is 8.44. The zero-order valence-corrected chi connectivity index (χ0v) is 5.35. The van der Waals surface area contributed by atoms with Gasteiger partial charge in [0.25, 0.3) is 0 Å². The number of amides is 1. The molecule has 0 bridgehead atoms. The second kappa shape index (κ2) is 3.09. The Morgan fingerprint density at radius 2 is 2.67 bits per heavy atom. The molecule has 0 aliphatic heterocycles. The highest BCUT2D eigenvalue weighted by Gasteiger charge is 1.88. The topological polar surface area (TPSA) is 38.3 Å². The standard InChI is InChI=1S/C5H5NO2S/c7-4-6-8-5-2-1-3-9-5/h1-4H,(H,6,7). The Bertz CT molecular complexity index is 173. The lowest BCUT2D eigenvalue weighted by molar-refractivity contribution is -0.115. The summed E-state index contributed by atoms with van der Waals surface area (Å²) in [6.07, 6.45) is 0.486. The highest BCUT2D eigenvalue weighted by Crippen LogP contribution is 2.16. The van der Waals surface area contributed by atoms with Crippen molar-refractivity contribution < 1.29 is 9.63 Å². The fraction of sp³-hybridized carbons (Fsp3) is 0. The van der Waals surface area contributed by atoms with Crippen molar-refractivity contribution in [1.29, 1.82) is 0 Å². The van der Waals surface area contributed by atoms with Gasteiger partial charge in [-0.1, -0.05) is 0 Å². The number of carbonyl (C=O) groups is 1. The van der Waals surface area contributed by atoms with Crippen LogP contribution in [0.5, 0.6) is 5.06 Å². The maximum Gasteiger partial charge on any atom is 0.239 e. The van der Waals surface area contributed by atoms with Gasteiger partial charge in [0.15, 0.2) is 0 Å². The summed E-state index contributed by atoms with van der Waals surface area (Å²) >= 11 is 1.42. The summed E-state index contributed by atoms with van der Waals surface area (Å²) in [4.78, 5) is 14.4. The van der Waals surface area contributed by atoms with Crippen LogP contribution in [0, 0.1) is 0 Å². The van der Waals surface area contributed by atoms with Crippen LogP contribution in [-0.4, -0.2) is 6.41 Å². The summed E-state index contributed by atoms with van der Waals surface area (Å²) in [5, 5.41) is 2.55. The van der Waals surface area contributed by atoms with Crippen molar-refractivity contribution in [1.82, 2.24) is 5.48 Å². The van der Waals surface area contributed by atoms with E-state index in [1.807, 2.05) is 11.4 Å². The summed E-state index contributed by atoms with van der Waals surface area (Å²) in [5.41, 5.74) is 2.08. The number of hydrogen-bond acceptors (Lipinski definition) is 3. The Labute approximate surface area is 56.2 Å². The zero-order valence-electron chi connectivity index (χ0n) is 4.53. The molecule has 1 aromatic heterocycles. The third-order valence-corrected chi connectivity index (χ3v) is 1.45. The van der Waals surface area contributed by atoms with Gasteiger partial charge in [0.1, 0.15) is 0 Å². The predicted octanol–water partition coefficient (Wildman–Crippen LogP) is 0.788. The molecule has 0 saturated heterocycles. The lowest BCUT2D eigenvalue weighted by atomic mass is 10.7. The van der Waals surface area contributed by atoms with E-state index in [9.17, 15) is 4.79 Å². The number of thiophene rings is 1. The van der Waals surface area contributed by atoms with Crippen molar-refractivity contribution >= 4 is 17.7 Å². The molecule has 1 amide bonds. The number of hydroxylamine groups is 1. The molecule has 1 heterocycles. The van der Waals surface area contributed by atoms with Crippen molar-refractivity contribution in [2.75, 3.05) is 0 Å². The van der Waals surface area contributed by atoms with E-state index in [4.69, 9.17) is 4.84 Å². The van der Waals surface area contributed by atoms with Crippen LogP contribution in [0.4, 0.5) is 0 Å². The molecule has 3 nitrogen and oxygen atoms in total. The van der Waals surface area contributed by atoms with Gasteiger partial charge in [-0.3, -0.25) is 4.79 Å². The zero-order chi connectivity index (χ0) is 6.53. The molecular formula is C5H5NO2S. The van der Waals surface area contributed by atoms with Crippen LogP contribution in [-0.2, 0) is 4.79 Å². The Hall–Kier alpha value is -1.03. The van der Waals surface area contributed by atoms with E-state index in [1.165, 1.54) is 11.3 Å². The molecular weight excluding hydrogens is 138 g/mol. The van der Waals surface area contributed by atoms with Gasteiger partial charge in [-0.25, -0.2) is 0 Å². The first-order valence-corrected chi connectivity index (χ1v) is 3.21.